The lowest BCUT2D eigenvalue weighted by molar-refractivity contribution is -0.150. The summed E-state index contributed by atoms with van der Waals surface area (Å²) in [5.74, 6) is -1.02. The smallest absolute Gasteiger partial charge is 0.325 e. The van der Waals surface area contributed by atoms with Crippen LogP contribution in [-0.4, -0.2) is 56.5 Å². The zero-order chi connectivity index (χ0) is 16.5. The van der Waals surface area contributed by atoms with E-state index >= 15 is 0 Å². The molecule has 0 heterocycles. The third kappa shape index (κ3) is 5.43. The highest BCUT2D eigenvalue weighted by Crippen LogP contribution is 2.17. The van der Waals surface area contributed by atoms with Crippen molar-refractivity contribution in [3.63, 3.8) is 0 Å². The zero-order valence-corrected chi connectivity index (χ0v) is 12.9. The van der Waals surface area contributed by atoms with Gasteiger partial charge in [-0.05, 0) is 19.1 Å². The number of likely N-dealkylation sites (N-methyl/N-ethyl adjacent to an activating group) is 1. The summed E-state index contributed by atoms with van der Waals surface area (Å²) in [5.41, 5.74) is 0.335. The summed E-state index contributed by atoms with van der Waals surface area (Å²) in [4.78, 5) is 36.1. The molecule has 0 saturated heterocycles. The summed E-state index contributed by atoms with van der Waals surface area (Å²) < 4.78 is 10.1. The van der Waals surface area contributed by atoms with Crippen molar-refractivity contribution in [2.45, 2.75) is 6.92 Å². The Labute approximate surface area is 129 Å². The molecule has 0 aliphatic carbocycles. The van der Waals surface area contributed by atoms with Crippen molar-refractivity contribution in [3.8, 4) is 5.75 Å². The van der Waals surface area contributed by atoms with Gasteiger partial charge in [-0.3, -0.25) is 14.4 Å². The minimum absolute atomic E-state index is 0.319. The molecule has 7 nitrogen and oxygen atoms in total. The van der Waals surface area contributed by atoms with Gasteiger partial charge in [0.25, 0.3) is 11.8 Å². The average molecular weight is 308 g/mol. The first-order valence-electron chi connectivity index (χ1n) is 6.81. The van der Waals surface area contributed by atoms with Gasteiger partial charge in [0.05, 0.1) is 12.2 Å². The Balaban J connectivity index is 2.49. The number of benzene rings is 1. The summed E-state index contributed by atoms with van der Waals surface area (Å²) in [6.07, 6.45) is 0. The molecule has 0 bridgehead atoms. The normalized spacial score (nSPS) is 9.77. The molecule has 1 aromatic rings. The molecular formula is C15H20N2O5. The van der Waals surface area contributed by atoms with Crippen LogP contribution in [-0.2, 0) is 14.3 Å². The van der Waals surface area contributed by atoms with Crippen LogP contribution in [0.15, 0.2) is 24.3 Å². The summed E-state index contributed by atoms with van der Waals surface area (Å²) in [5, 5.41) is 2.43. The predicted molar refractivity (Wildman–Crippen MR) is 79.6 cm³/mol. The molecule has 0 atom stereocenters. The number of rotatable bonds is 7. The predicted octanol–water partition coefficient (Wildman–Crippen LogP) is 0.446. The molecule has 120 valence electrons. The molecule has 0 aromatic heterocycles. The molecular weight excluding hydrogens is 288 g/mol. The lowest BCUT2D eigenvalue weighted by Crippen LogP contribution is -2.33. The van der Waals surface area contributed by atoms with Gasteiger partial charge in [-0.2, -0.15) is 0 Å². The van der Waals surface area contributed by atoms with Crippen molar-refractivity contribution < 1.29 is 23.9 Å². The van der Waals surface area contributed by atoms with Crippen LogP contribution in [0.3, 0.4) is 0 Å². The largest absolute Gasteiger partial charge is 0.493 e. The molecule has 1 rings (SSSR count). The van der Waals surface area contributed by atoms with Crippen LogP contribution in [0.25, 0.3) is 0 Å². The van der Waals surface area contributed by atoms with E-state index in [1.54, 1.807) is 38.4 Å². The Morgan fingerprint density at radius 2 is 1.86 bits per heavy atom. The lowest BCUT2D eigenvalue weighted by Gasteiger charge is -2.12. The quantitative estimate of drug-likeness (QED) is 0.739. The van der Waals surface area contributed by atoms with E-state index in [1.165, 1.54) is 4.90 Å². The second-order valence-electron chi connectivity index (χ2n) is 4.56. The van der Waals surface area contributed by atoms with Crippen molar-refractivity contribution in [2.24, 2.45) is 0 Å². The molecule has 0 aliphatic rings. The van der Waals surface area contributed by atoms with Crippen LogP contribution < -0.4 is 10.1 Å². The van der Waals surface area contributed by atoms with Gasteiger partial charge in [0.2, 0.25) is 0 Å². The molecule has 0 unspecified atom stereocenters. The molecule has 0 spiro atoms. The van der Waals surface area contributed by atoms with Crippen LogP contribution in [0, 0.1) is 0 Å². The number of para-hydroxylation sites is 1. The maximum Gasteiger partial charge on any atom is 0.325 e. The first-order chi connectivity index (χ1) is 10.5. The van der Waals surface area contributed by atoms with Crippen LogP contribution >= 0.6 is 0 Å². The number of carbonyl (C=O) groups excluding carboxylic acids is 3. The fourth-order valence-electron chi connectivity index (χ4n) is 1.51. The standard InChI is InChI=1S/C15H20N2O5/c1-4-21-12-8-6-5-7-11(12)15(20)16-9-14(19)22-10-13(18)17(2)3/h5-8H,4,9-10H2,1-3H3,(H,16,20). The molecule has 0 radical (unpaired) electrons. The van der Waals surface area contributed by atoms with Crippen molar-refractivity contribution >= 4 is 17.8 Å². The van der Waals surface area contributed by atoms with Gasteiger partial charge in [-0.1, -0.05) is 12.1 Å². The number of nitrogens with zero attached hydrogens (tertiary/aromatic N) is 1. The number of hydrogen-bond donors (Lipinski definition) is 1. The number of esters is 1. The van der Waals surface area contributed by atoms with E-state index in [9.17, 15) is 14.4 Å². The second-order valence-corrected chi connectivity index (χ2v) is 4.56. The minimum atomic E-state index is -0.683. The van der Waals surface area contributed by atoms with E-state index in [0.717, 1.165) is 0 Å². The lowest BCUT2D eigenvalue weighted by atomic mass is 10.2. The highest BCUT2D eigenvalue weighted by molar-refractivity contribution is 5.98. The van der Waals surface area contributed by atoms with Gasteiger partial charge in [0, 0.05) is 14.1 Å². The van der Waals surface area contributed by atoms with Crippen LogP contribution in [0.5, 0.6) is 5.75 Å². The third-order valence-electron chi connectivity index (χ3n) is 2.68. The molecule has 7 heteroatoms. The highest BCUT2D eigenvalue weighted by atomic mass is 16.5. The van der Waals surface area contributed by atoms with E-state index in [0.29, 0.717) is 17.9 Å². The monoisotopic (exact) mass is 308 g/mol. The molecule has 0 saturated carbocycles. The second kappa shape index (κ2) is 8.66. The van der Waals surface area contributed by atoms with Gasteiger partial charge >= 0.3 is 5.97 Å². The molecule has 1 aromatic carbocycles. The number of amides is 2. The number of ether oxygens (including phenoxy) is 2. The van der Waals surface area contributed by atoms with E-state index < -0.39 is 11.9 Å². The van der Waals surface area contributed by atoms with Crippen LogP contribution in [0.4, 0.5) is 0 Å². The summed E-state index contributed by atoms with van der Waals surface area (Å²) in [6, 6.07) is 6.72. The molecule has 0 fully saturated rings. The van der Waals surface area contributed by atoms with E-state index in [-0.39, 0.29) is 19.1 Å². The van der Waals surface area contributed by atoms with Gasteiger partial charge in [0.15, 0.2) is 6.61 Å². The van der Waals surface area contributed by atoms with Crippen molar-refractivity contribution in [1.29, 1.82) is 0 Å². The van der Waals surface area contributed by atoms with Gasteiger partial charge in [-0.25, -0.2) is 0 Å². The maximum atomic E-state index is 12.0. The van der Waals surface area contributed by atoms with E-state index in [4.69, 9.17) is 9.47 Å². The van der Waals surface area contributed by atoms with Crippen LogP contribution in [0.2, 0.25) is 0 Å². The number of hydrogen-bond acceptors (Lipinski definition) is 5. The fraction of sp³-hybridized carbons (Fsp3) is 0.400. The van der Waals surface area contributed by atoms with E-state index in [2.05, 4.69) is 5.32 Å². The molecule has 0 aliphatic heterocycles. The maximum absolute atomic E-state index is 12.0. The summed E-state index contributed by atoms with van der Waals surface area (Å²) >= 11 is 0. The number of carbonyl (C=O) groups is 3. The third-order valence-corrected chi connectivity index (χ3v) is 2.68. The van der Waals surface area contributed by atoms with Crippen molar-refractivity contribution in [3.05, 3.63) is 29.8 Å². The Kier molecular flexibility index (Phi) is 6.88. The Morgan fingerprint density at radius 3 is 2.50 bits per heavy atom. The Bertz CT molecular complexity index is 542. The minimum Gasteiger partial charge on any atom is -0.493 e. The Morgan fingerprint density at radius 1 is 1.18 bits per heavy atom. The zero-order valence-electron chi connectivity index (χ0n) is 12.9. The first kappa shape index (κ1) is 17.5. The van der Waals surface area contributed by atoms with Gasteiger partial charge in [0.1, 0.15) is 12.3 Å². The summed E-state index contributed by atoms with van der Waals surface area (Å²) in [7, 11) is 3.12. The molecule has 2 amide bonds. The number of nitrogens with one attached hydrogen (secondary N) is 1. The first-order valence-corrected chi connectivity index (χ1v) is 6.81. The molecule has 1 N–H and O–H groups in total. The Hall–Kier alpha value is -2.57. The van der Waals surface area contributed by atoms with Gasteiger partial charge < -0.3 is 19.7 Å². The SMILES string of the molecule is CCOc1ccccc1C(=O)NCC(=O)OCC(=O)N(C)C. The molecule has 22 heavy (non-hydrogen) atoms. The average Bonchev–Trinajstić information content (AvgIpc) is 2.50. The topological polar surface area (TPSA) is 84.9 Å². The fourth-order valence-corrected chi connectivity index (χ4v) is 1.51. The van der Waals surface area contributed by atoms with Crippen molar-refractivity contribution in [1.82, 2.24) is 10.2 Å². The van der Waals surface area contributed by atoms with Crippen molar-refractivity contribution in [2.75, 3.05) is 33.9 Å². The summed E-state index contributed by atoms with van der Waals surface area (Å²) in [6.45, 7) is 1.57. The van der Waals surface area contributed by atoms with Crippen LogP contribution in [0.1, 0.15) is 17.3 Å². The van der Waals surface area contributed by atoms with E-state index in [1.807, 2.05) is 6.92 Å². The van der Waals surface area contributed by atoms with Gasteiger partial charge in [-0.15, -0.1) is 0 Å². The highest BCUT2D eigenvalue weighted by Gasteiger charge is 2.14.